The molecule has 20 heavy (non-hydrogen) atoms. The van der Waals surface area contributed by atoms with Gasteiger partial charge in [-0.1, -0.05) is 18.2 Å². The van der Waals surface area contributed by atoms with Crippen molar-refractivity contribution in [2.45, 2.75) is 12.0 Å². The number of benzene rings is 2. The Kier molecular flexibility index (Phi) is 4.42. The number of aliphatic hydroxyl groups excluding tert-OH is 1. The highest BCUT2D eigenvalue weighted by Gasteiger charge is 2.23. The molecule has 2 rings (SSSR count). The highest BCUT2D eigenvalue weighted by Crippen LogP contribution is 2.29. The monoisotopic (exact) mass is 281 g/mol. The molecule has 2 unspecified atom stereocenters. The van der Waals surface area contributed by atoms with Gasteiger partial charge in [0.1, 0.15) is 5.82 Å². The summed E-state index contributed by atoms with van der Waals surface area (Å²) in [6, 6.07) is 8.84. The molecule has 0 bridgehead atoms. The van der Waals surface area contributed by atoms with Gasteiger partial charge in [0.2, 0.25) is 0 Å². The first-order valence-corrected chi connectivity index (χ1v) is 6.11. The van der Waals surface area contributed by atoms with E-state index in [1.165, 1.54) is 30.3 Å². The Balaban J connectivity index is 2.46. The smallest absolute Gasteiger partial charge is 0.159 e. The first-order valence-electron chi connectivity index (χ1n) is 6.11. The van der Waals surface area contributed by atoms with Crippen molar-refractivity contribution >= 4 is 0 Å². The quantitative estimate of drug-likeness (QED) is 0.904. The lowest BCUT2D eigenvalue weighted by Crippen LogP contribution is -2.28. The Bertz CT molecular complexity index is 586. The maximum atomic E-state index is 13.3. The standard InChI is InChI=1S/C15H14F3NO/c16-11-4-1-9(2-5-11)15(14(20)8-19)10-3-6-12(17)13(18)7-10/h1-7,14-15,20H,8,19H2. The second-order valence-electron chi connectivity index (χ2n) is 4.51. The zero-order valence-electron chi connectivity index (χ0n) is 10.6. The first-order chi connectivity index (χ1) is 9.52. The second kappa shape index (κ2) is 6.07. The minimum Gasteiger partial charge on any atom is -0.391 e. The maximum absolute atomic E-state index is 13.3. The fourth-order valence-corrected chi connectivity index (χ4v) is 2.15. The van der Waals surface area contributed by atoms with Crippen LogP contribution in [-0.2, 0) is 0 Å². The summed E-state index contributed by atoms with van der Waals surface area (Å²) in [5.74, 6) is -3.02. The van der Waals surface area contributed by atoms with Crippen LogP contribution in [0.3, 0.4) is 0 Å². The number of hydrogen-bond acceptors (Lipinski definition) is 2. The van der Waals surface area contributed by atoms with Crippen molar-refractivity contribution in [1.82, 2.24) is 0 Å². The summed E-state index contributed by atoms with van der Waals surface area (Å²) in [4.78, 5) is 0. The molecule has 0 amide bonds. The van der Waals surface area contributed by atoms with Gasteiger partial charge in [-0.05, 0) is 35.4 Å². The lowest BCUT2D eigenvalue weighted by molar-refractivity contribution is 0.164. The average Bonchev–Trinajstić information content (AvgIpc) is 2.45. The molecule has 0 fully saturated rings. The van der Waals surface area contributed by atoms with E-state index in [0.29, 0.717) is 11.1 Å². The Morgan fingerprint density at radius 1 is 0.900 bits per heavy atom. The van der Waals surface area contributed by atoms with E-state index in [-0.39, 0.29) is 6.54 Å². The largest absolute Gasteiger partial charge is 0.391 e. The molecule has 2 atom stereocenters. The molecule has 0 aromatic heterocycles. The number of hydrogen-bond donors (Lipinski definition) is 2. The number of nitrogens with two attached hydrogens (primary N) is 1. The van der Waals surface area contributed by atoms with Gasteiger partial charge in [0.05, 0.1) is 6.10 Å². The second-order valence-corrected chi connectivity index (χ2v) is 4.51. The van der Waals surface area contributed by atoms with E-state index in [2.05, 4.69) is 0 Å². The van der Waals surface area contributed by atoms with Gasteiger partial charge in [0.25, 0.3) is 0 Å². The third-order valence-corrected chi connectivity index (χ3v) is 3.16. The predicted molar refractivity (Wildman–Crippen MR) is 69.7 cm³/mol. The molecule has 0 saturated heterocycles. The lowest BCUT2D eigenvalue weighted by atomic mass is 9.86. The summed E-state index contributed by atoms with van der Waals surface area (Å²) in [7, 11) is 0. The summed E-state index contributed by atoms with van der Waals surface area (Å²) >= 11 is 0. The molecule has 0 radical (unpaired) electrons. The summed E-state index contributed by atoms with van der Waals surface area (Å²) < 4.78 is 39.3. The first kappa shape index (κ1) is 14.6. The zero-order chi connectivity index (χ0) is 14.7. The Morgan fingerprint density at radius 2 is 1.50 bits per heavy atom. The van der Waals surface area contributed by atoms with E-state index in [9.17, 15) is 18.3 Å². The fraction of sp³-hybridized carbons (Fsp3) is 0.200. The molecule has 0 saturated carbocycles. The number of aliphatic hydroxyl groups is 1. The van der Waals surface area contributed by atoms with E-state index >= 15 is 0 Å². The minimum atomic E-state index is -1.00. The summed E-state index contributed by atoms with van der Waals surface area (Å²) in [5, 5.41) is 10.0. The van der Waals surface area contributed by atoms with Gasteiger partial charge >= 0.3 is 0 Å². The van der Waals surface area contributed by atoms with Crippen LogP contribution in [-0.4, -0.2) is 17.8 Å². The third kappa shape index (κ3) is 3.00. The van der Waals surface area contributed by atoms with Crippen LogP contribution < -0.4 is 5.73 Å². The topological polar surface area (TPSA) is 46.2 Å². The summed E-state index contributed by atoms with van der Waals surface area (Å²) in [6.07, 6.45) is -0.981. The summed E-state index contributed by atoms with van der Waals surface area (Å²) in [5.41, 5.74) is 6.42. The van der Waals surface area contributed by atoms with Crippen molar-refractivity contribution in [2.24, 2.45) is 5.73 Å². The molecule has 106 valence electrons. The molecule has 2 nitrogen and oxygen atoms in total. The van der Waals surface area contributed by atoms with Crippen LogP contribution in [0.2, 0.25) is 0 Å². The third-order valence-electron chi connectivity index (χ3n) is 3.16. The van der Waals surface area contributed by atoms with Crippen LogP contribution in [0, 0.1) is 17.5 Å². The minimum absolute atomic E-state index is 0.0545. The van der Waals surface area contributed by atoms with Gasteiger partial charge < -0.3 is 10.8 Å². The Morgan fingerprint density at radius 3 is 2.05 bits per heavy atom. The van der Waals surface area contributed by atoms with Crippen molar-refractivity contribution in [2.75, 3.05) is 6.54 Å². The van der Waals surface area contributed by atoms with Gasteiger partial charge in [-0.3, -0.25) is 0 Å². The van der Waals surface area contributed by atoms with Gasteiger partial charge in [-0.25, -0.2) is 13.2 Å². The molecule has 0 aliphatic carbocycles. The van der Waals surface area contributed by atoms with Crippen LogP contribution >= 0.6 is 0 Å². The fourth-order valence-electron chi connectivity index (χ4n) is 2.15. The van der Waals surface area contributed by atoms with Crippen molar-refractivity contribution < 1.29 is 18.3 Å². The number of rotatable bonds is 4. The van der Waals surface area contributed by atoms with Crippen LogP contribution in [0.4, 0.5) is 13.2 Å². The van der Waals surface area contributed by atoms with Crippen molar-refractivity contribution in [1.29, 1.82) is 0 Å². The molecular weight excluding hydrogens is 267 g/mol. The van der Waals surface area contributed by atoms with Gasteiger partial charge in [-0.2, -0.15) is 0 Å². The molecule has 0 heterocycles. The maximum Gasteiger partial charge on any atom is 0.159 e. The number of halogens is 3. The normalized spacial score (nSPS) is 14.1. The molecule has 0 aliphatic rings. The summed E-state index contributed by atoms with van der Waals surface area (Å²) in [6.45, 7) is -0.0545. The highest BCUT2D eigenvalue weighted by atomic mass is 19.2. The van der Waals surface area contributed by atoms with Crippen molar-refractivity contribution in [3.05, 3.63) is 71.0 Å². The van der Waals surface area contributed by atoms with Crippen LogP contribution in [0.15, 0.2) is 42.5 Å². The molecule has 0 aliphatic heterocycles. The predicted octanol–water partition coefficient (Wildman–Crippen LogP) is 2.56. The Hall–Kier alpha value is -1.85. The van der Waals surface area contributed by atoms with E-state index in [4.69, 9.17) is 5.73 Å². The van der Waals surface area contributed by atoms with Gasteiger partial charge in [0, 0.05) is 12.5 Å². The average molecular weight is 281 g/mol. The van der Waals surface area contributed by atoms with Crippen molar-refractivity contribution in [3.8, 4) is 0 Å². The van der Waals surface area contributed by atoms with E-state index in [0.717, 1.165) is 12.1 Å². The molecule has 3 N–H and O–H groups in total. The molecule has 5 heteroatoms. The van der Waals surface area contributed by atoms with Crippen LogP contribution in [0.1, 0.15) is 17.0 Å². The SMILES string of the molecule is NCC(O)C(c1ccc(F)cc1)c1ccc(F)c(F)c1. The highest BCUT2D eigenvalue weighted by molar-refractivity contribution is 5.34. The van der Waals surface area contributed by atoms with Crippen molar-refractivity contribution in [3.63, 3.8) is 0 Å². The zero-order valence-corrected chi connectivity index (χ0v) is 10.6. The molecule has 2 aromatic carbocycles. The van der Waals surface area contributed by atoms with E-state index < -0.39 is 29.5 Å². The molecule has 0 spiro atoms. The van der Waals surface area contributed by atoms with Gasteiger partial charge in [-0.15, -0.1) is 0 Å². The van der Waals surface area contributed by atoms with Gasteiger partial charge in [0.15, 0.2) is 11.6 Å². The van der Waals surface area contributed by atoms with E-state index in [1.807, 2.05) is 0 Å². The van der Waals surface area contributed by atoms with Crippen LogP contribution in [0.5, 0.6) is 0 Å². The van der Waals surface area contributed by atoms with Crippen LogP contribution in [0.25, 0.3) is 0 Å². The lowest BCUT2D eigenvalue weighted by Gasteiger charge is -2.23. The molecule has 2 aromatic rings. The van der Waals surface area contributed by atoms with E-state index in [1.54, 1.807) is 0 Å². The molecular formula is C15H14F3NO. The Labute approximate surface area is 114 Å².